The molecule has 6 nitrogen and oxygen atoms in total. The lowest BCUT2D eigenvalue weighted by molar-refractivity contribution is 0.0473. The number of hydrogen-bond donors (Lipinski definition) is 2. The zero-order valence-corrected chi connectivity index (χ0v) is 13.2. The van der Waals surface area contributed by atoms with E-state index in [2.05, 4.69) is 4.98 Å². The summed E-state index contributed by atoms with van der Waals surface area (Å²) in [6.45, 7) is 4.45. The van der Waals surface area contributed by atoms with Crippen molar-refractivity contribution in [3.8, 4) is 0 Å². The highest BCUT2D eigenvalue weighted by molar-refractivity contribution is 6.04. The third kappa shape index (κ3) is 3.48. The van der Waals surface area contributed by atoms with Gasteiger partial charge in [-0.2, -0.15) is 0 Å². The normalized spacial score (nSPS) is 10.4. The lowest BCUT2D eigenvalue weighted by Gasteiger charge is -2.05. The van der Waals surface area contributed by atoms with Gasteiger partial charge in [0.1, 0.15) is 0 Å². The molecule has 0 saturated carbocycles. The van der Waals surface area contributed by atoms with Crippen LogP contribution in [0, 0.1) is 13.8 Å². The van der Waals surface area contributed by atoms with Crippen molar-refractivity contribution >= 4 is 23.2 Å². The SMILES string of the molecule is CC(=O)c1c(C)[nH]c(C(=O)COC(=O)c2ccc(N)cc2)c1C. The number of anilines is 1. The van der Waals surface area contributed by atoms with E-state index >= 15 is 0 Å². The number of ketones is 2. The first-order chi connectivity index (χ1) is 10.8. The first kappa shape index (κ1) is 16.5. The van der Waals surface area contributed by atoms with Crippen LogP contribution in [0.25, 0.3) is 0 Å². The first-order valence-electron chi connectivity index (χ1n) is 7.07. The number of rotatable bonds is 5. The number of benzene rings is 1. The van der Waals surface area contributed by atoms with E-state index in [1.165, 1.54) is 19.1 Å². The molecule has 1 aromatic heterocycles. The molecule has 120 valence electrons. The maximum absolute atomic E-state index is 12.2. The molecule has 1 heterocycles. The second-order valence-electron chi connectivity index (χ2n) is 5.30. The molecule has 0 aliphatic rings. The van der Waals surface area contributed by atoms with Crippen LogP contribution in [0.2, 0.25) is 0 Å². The monoisotopic (exact) mass is 314 g/mol. The van der Waals surface area contributed by atoms with Gasteiger partial charge < -0.3 is 15.5 Å². The molecule has 1 aromatic carbocycles. The molecule has 6 heteroatoms. The van der Waals surface area contributed by atoms with Crippen molar-refractivity contribution in [2.24, 2.45) is 0 Å². The predicted octanol–water partition coefficient (Wildman–Crippen LogP) is 2.46. The average molecular weight is 314 g/mol. The van der Waals surface area contributed by atoms with Gasteiger partial charge in [-0.05, 0) is 50.6 Å². The summed E-state index contributed by atoms with van der Waals surface area (Å²) in [4.78, 5) is 38.5. The number of hydrogen-bond acceptors (Lipinski definition) is 5. The summed E-state index contributed by atoms with van der Waals surface area (Å²) in [5, 5.41) is 0. The molecule has 2 aromatic rings. The van der Waals surface area contributed by atoms with Crippen molar-refractivity contribution in [1.82, 2.24) is 4.98 Å². The minimum Gasteiger partial charge on any atom is -0.454 e. The molecule has 0 radical (unpaired) electrons. The van der Waals surface area contributed by atoms with Gasteiger partial charge in [-0.15, -0.1) is 0 Å². The molecule has 0 unspecified atom stereocenters. The molecular weight excluding hydrogens is 296 g/mol. The Bertz CT molecular complexity index is 773. The van der Waals surface area contributed by atoms with Crippen molar-refractivity contribution in [3.63, 3.8) is 0 Å². The van der Waals surface area contributed by atoms with E-state index in [0.717, 1.165) is 0 Å². The molecule has 23 heavy (non-hydrogen) atoms. The largest absolute Gasteiger partial charge is 0.454 e. The lowest BCUT2D eigenvalue weighted by Crippen LogP contribution is -2.15. The van der Waals surface area contributed by atoms with E-state index in [1.54, 1.807) is 26.0 Å². The fraction of sp³-hybridized carbons (Fsp3) is 0.235. The van der Waals surface area contributed by atoms with Gasteiger partial charge in [0.15, 0.2) is 12.4 Å². The Labute approximate surface area is 133 Å². The van der Waals surface area contributed by atoms with Gasteiger partial charge in [-0.1, -0.05) is 0 Å². The average Bonchev–Trinajstić information content (AvgIpc) is 2.80. The molecular formula is C17H18N2O4. The fourth-order valence-electron chi connectivity index (χ4n) is 2.46. The van der Waals surface area contributed by atoms with Crippen molar-refractivity contribution < 1.29 is 19.1 Å². The number of aromatic amines is 1. The zero-order valence-electron chi connectivity index (χ0n) is 13.2. The van der Waals surface area contributed by atoms with Crippen LogP contribution in [0.4, 0.5) is 5.69 Å². The number of Topliss-reactive ketones (excluding diaryl/α,β-unsaturated/α-hetero) is 2. The van der Waals surface area contributed by atoms with E-state index in [1.807, 2.05) is 0 Å². The van der Waals surface area contributed by atoms with Crippen LogP contribution in [-0.2, 0) is 4.74 Å². The number of carbonyl (C=O) groups is 3. The Balaban J connectivity index is 2.08. The molecule has 0 aliphatic carbocycles. The van der Waals surface area contributed by atoms with Gasteiger partial charge in [-0.25, -0.2) is 4.79 Å². The second-order valence-corrected chi connectivity index (χ2v) is 5.30. The Kier molecular flexibility index (Phi) is 4.64. The molecule has 0 fully saturated rings. The maximum atomic E-state index is 12.2. The lowest BCUT2D eigenvalue weighted by atomic mass is 10.1. The summed E-state index contributed by atoms with van der Waals surface area (Å²) in [6, 6.07) is 6.21. The minimum atomic E-state index is -0.605. The highest BCUT2D eigenvalue weighted by Gasteiger charge is 2.20. The van der Waals surface area contributed by atoms with E-state index in [0.29, 0.717) is 28.1 Å². The predicted molar refractivity (Wildman–Crippen MR) is 85.7 cm³/mol. The van der Waals surface area contributed by atoms with E-state index in [9.17, 15) is 14.4 Å². The Morgan fingerprint density at radius 1 is 1.13 bits per heavy atom. The first-order valence-corrected chi connectivity index (χ1v) is 7.07. The van der Waals surface area contributed by atoms with Crippen LogP contribution in [0.1, 0.15) is 49.4 Å². The van der Waals surface area contributed by atoms with Gasteiger partial charge in [0, 0.05) is 16.9 Å². The molecule has 0 bridgehead atoms. The number of carbonyl (C=O) groups excluding carboxylic acids is 3. The quantitative estimate of drug-likeness (QED) is 0.501. The van der Waals surface area contributed by atoms with Crippen molar-refractivity contribution in [3.05, 3.63) is 52.3 Å². The molecule has 0 amide bonds. The maximum Gasteiger partial charge on any atom is 0.338 e. The van der Waals surface area contributed by atoms with Crippen LogP contribution >= 0.6 is 0 Å². The van der Waals surface area contributed by atoms with Gasteiger partial charge in [0.2, 0.25) is 5.78 Å². The summed E-state index contributed by atoms with van der Waals surface area (Å²) >= 11 is 0. The van der Waals surface area contributed by atoms with Crippen molar-refractivity contribution in [2.45, 2.75) is 20.8 Å². The number of nitrogen functional groups attached to an aromatic ring is 1. The number of nitrogens with two attached hydrogens (primary N) is 1. The smallest absolute Gasteiger partial charge is 0.338 e. The molecule has 0 aliphatic heterocycles. The number of ether oxygens (including phenoxy) is 1. The molecule has 0 spiro atoms. The summed E-state index contributed by atoms with van der Waals surface area (Å²) in [5.41, 5.74) is 8.38. The molecule has 0 saturated heterocycles. The van der Waals surface area contributed by atoms with Gasteiger partial charge in [0.05, 0.1) is 11.3 Å². The molecule has 3 N–H and O–H groups in total. The van der Waals surface area contributed by atoms with Gasteiger partial charge in [0.25, 0.3) is 0 Å². The Hall–Kier alpha value is -2.89. The van der Waals surface area contributed by atoms with Gasteiger partial charge >= 0.3 is 5.97 Å². The zero-order chi connectivity index (χ0) is 17.1. The highest BCUT2D eigenvalue weighted by Crippen LogP contribution is 2.19. The fourth-order valence-corrected chi connectivity index (χ4v) is 2.46. The summed E-state index contributed by atoms with van der Waals surface area (Å²) in [5.74, 6) is -1.11. The highest BCUT2D eigenvalue weighted by atomic mass is 16.5. The number of aryl methyl sites for hydroxylation is 1. The number of nitrogens with one attached hydrogen (secondary N) is 1. The Morgan fingerprint density at radius 2 is 1.74 bits per heavy atom. The Morgan fingerprint density at radius 3 is 2.26 bits per heavy atom. The summed E-state index contributed by atoms with van der Waals surface area (Å²) in [6.07, 6.45) is 0. The van der Waals surface area contributed by atoms with Crippen LogP contribution in [-0.4, -0.2) is 29.1 Å². The number of H-pyrrole nitrogens is 1. The standard InChI is InChI=1S/C17H18N2O4/c1-9-15(11(3)20)10(2)19-16(9)14(21)8-23-17(22)12-4-6-13(18)7-5-12/h4-7,19H,8,18H2,1-3H3. The van der Waals surface area contributed by atoms with Gasteiger partial charge in [-0.3, -0.25) is 9.59 Å². The topological polar surface area (TPSA) is 102 Å². The molecule has 2 rings (SSSR count). The summed E-state index contributed by atoms with van der Waals surface area (Å²) in [7, 11) is 0. The molecule has 0 atom stereocenters. The minimum absolute atomic E-state index is 0.117. The van der Waals surface area contributed by atoms with E-state index in [-0.39, 0.29) is 17.3 Å². The van der Waals surface area contributed by atoms with E-state index < -0.39 is 12.6 Å². The van der Waals surface area contributed by atoms with Crippen LogP contribution in [0.5, 0.6) is 0 Å². The summed E-state index contributed by atoms with van der Waals surface area (Å²) < 4.78 is 5.01. The van der Waals surface area contributed by atoms with Crippen LogP contribution in [0.15, 0.2) is 24.3 Å². The third-order valence-electron chi connectivity index (χ3n) is 3.55. The van der Waals surface area contributed by atoms with Crippen molar-refractivity contribution in [1.29, 1.82) is 0 Å². The number of esters is 1. The van der Waals surface area contributed by atoms with Crippen LogP contribution in [0.3, 0.4) is 0 Å². The van der Waals surface area contributed by atoms with Crippen molar-refractivity contribution in [2.75, 3.05) is 12.3 Å². The second kappa shape index (κ2) is 6.48. The van der Waals surface area contributed by atoms with E-state index in [4.69, 9.17) is 10.5 Å². The van der Waals surface area contributed by atoms with Crippen LogP contribution < -0.4 is 5.73 Å². The third-order valence-corrected chi connectivity index (χ3v) is 3.55. The number of aromatic nitrogens is 1.